The SMILES string of the molecule is [3H]c1ccc(OCc2ccnnc2-n2nnn(C)c2=O)c(C)c1. The predicted octanol–water partition coefficient (Wildman–Crippen LogP) is 0.643. The maximum Gasteiger partial charge on any atom is 0.369 e. The molecule has 8 nitrogen and oxygen atoms in total. The van der Waals surface area contributed by atoms with Crippen molar-refractivity contribution in [2.75, 3.05) is 0 Å². The van der Waals surface area contributed by atoms with Gasteiger partial charge in [-0.3, -0.25) is 0 Å². The molecule has 3 rings (SSSR count). The summed E-state index contributed by atoms with van der Waals surface area (Å²) in [4.78, 5) is 12.0. The average Bonchev–Trinajstić information content (AvgIpc) is 2.86. The molecular weight excluding hydrogens is 284 g/mol. The minimum Gasteiger partial charge on any atom is -0.488 e. The van der Waals surface area contributed by atoms with Crippen molar-refractivity contribution in [3.05, 3.63) is 58.1 Å². The molecule has 3 aromatic rings. The first-order valence-electron chi connectivity index (χ1n) is 7.06. The molecule has 0 bridgehead atoms. The Kier molecular flexibility index (Phi) is 3.32. The summed E-state index contributed by atoms with van der Waals surface area (Å²) < 4.78 is 15.5. The molecule has 0 fully saturated rings. The van der Waals surface area contributed by atoms with Gasteiger partial charge < -0.3 is 4.74 Å². The molecule has 0 saturated heterocycles. The van der Waals surface area contributed by atoms with Crippen LogP contribution in [0.4, 0.5) is 0 Å². The standard InChI is InChI=1S/C14H14N6O2/c1-10-5-3-4-6-12(10)22-9-11-7-8-15-16-13(11)20-14(21)19(2)17-18-20/h3-8H,9H2,1-2H3/i3T. The van der Waals surface area contributed by atoms with Crippen molar-refractivity contribution in [2.45, 2.75) is 13.5 Å². The lowest BCUT2D eigenvalue weighted by Crippen LogP contribution is -2.24. The zero-order chi connectivity index (χ0) is 16.4. The van der Waals surface area contributed by atoms with Gasteiger partial charge in [0.2, 0.25) is 0 Å². The lowest BCUT2D eigenvalue weighted by atomic mass is 10.2. The molecule has 22 heavy (non-hydrogen) atoms. The Labute approximate surface area is 127 Å². The van der Waals surface area contributed by atoms with Gasteiger partial charge >= 0.3 is 5.69 Å². The van der Waals surface area contributed by atoms with E-state index in [9.17, 15) is 4.79 Å². The first-order valence-corrected chi connectivity index (χ1v) is 6.56. The second-order valence-electron chi connectivity index (χ2n) is 4.66. The fourth-order valence-corrected chi connectivity index (χ4v) is 1.90. The number of tetrazole rings is 1. The predicted molar refractivity (Wildman–Crippen MR) is 77.7 cm³/mol. The van der Waals surface area contributed by atoms with E-state index in [1.807, 2.05) is 6.92 Å². The monoisotopic (exact) mass is 300 g/mol. The van der Waals surface area contributed by atoms with Crippen molar-refractivity contribution in [3.8, 4) is 11.6 Å². The van der Waals surface area contributed by atoms with Gasteiger partial charge in [-0.15, -0.1) is 9.78 Å². The Morgan fingerprint density at radius 3 is 2.91 bits per heavy atom. The summed E-state index contributed by atoms with van der Waals surface area (Å²) in [6.45, 7) is 2.05. The van der Waals surface area contributed by atoms with Gasteiger partial charge in [0.15, 0.2) is 5.82 Å². The van der Waals surface area contributed by atoms with Crippen LogP contribution in [0.25, 0.3) is 5.82 Å². The third kappa shape index (κ3) is 2.58. The van der Waals surface area contributed by atoms with Crippen molar-refractivity contribution < 1.29 is 6.11 Å². The van der Waals surface area contributed by atoms with Crippen molar-refractivity contribution >= 4 is 0 Å². The van der Waals surface area contributed by atoms with Crippen molar-refractivity contribution in [1.29, 1.82) is 0 Å². The number of hydrogen-bond donors (Lipinski definition) is 0. The summed E-state index contributed by atoms with van der Waals surface area (Å²) in [5.74, 6) is 0.940. The number of hydrogen-bond acceptors (Lipinski definition) is 6. The molecule has 0 unspecified atom stereocenters. The molecule has 0 N–H and O–H groups in total. The van der Waals surface area contributed by atoms with Crippen LogP contribution >= 0.6 is 0 Å². The van der Waals surface area contributed by atoms with Crippen LogP contribution in [0.5, 0.6) is 5.75 Å². The topological polar surface area (TPSA) is 87.7 Å². The van der Waals surface area contributed by atoms with E-state index in [1.165, 1.54) is 13.2 Å². The Balaban J connectivity index is 1.89. The molecule has 0 saturated carbocycles. The highest BCUT2D eigenvalue weighted by molar-refractivity contribution is 5.34. The maximum absolute atomic E-state index is 12.0. The van der Waals surface area contributed by atoms with Crippen LogP contribution in [-0.2, 0) is 13.7 Å². The molecule has 8 heteroatoms. The number of aryl methyl sites for hydroxylation is 2. The molecule has 0 aliphatic rings. The lowest BCUT2D eigenvalue weighted by Gasteiger charge is -2.10. The smallest absolute Gasteiger partial charge is 0.369 e. The van der Waals surface area contributed by atoms with E-state index in [2.05, 4.69) is 20.6 Å². The van der Waals surface area contributed by atoms with E-state index < -0.39 is 5.69 Å². The van der Waals surface area contributed by atoms with Crippen molar-refractivity contribution in [3.63, 3.8) is 0 Å². The zero-order valence-electron chi connectivity index (χ0n) is 13.1. The van der Waals surface area contributed by atoms with Gasteiger partial charge in [-0.1, -0.05) is 18.2 Å². The third-order valence-electron chi connectivity index (χ3n) is 3.11. The summed E-state index contributed by atoms with van der Waals surface area (Å²) in [6.07, 6.45) is 1.52. The second kappa shape index (κ2) is 5.76. The van der Waals surface area contributed by atoms with Crippen LogP contribution < -0.4 is 10.4 Å². The Hall–Kier alpha value is -3.03. The maximum atomic E-state index is 12.0. The molecule has 0 spiro atoms. The number of para-hydroxylation sites is 1. The molecule has 0 aliphatic carbocycles. The molecule has 2 heterocycles. The van der Waals surface area contributed by atoms with Crippen molar-refractivity contribution in [1.82, 2.24) is 30.0 Å². The molecule has 2 aromatic heterocycles. The van der Waals surface area contributed by atoms with E-state index in [0.717, 1.165) is 14.9 Å². The average molecular weight is 300 g/mol. The molecule has 112 valence electrons. The van der Waals surface area contributed by atoms with Crippen LogP contribution in [0, 0.1) is 6.92 Å². The van der Waals surface area contributed by atoms with Crippen LogP contribution in [0.1, 0.15) is 12.5 Å². The van der Waals surface area contributed by atoms with Crippen molar-refractivity contribution in [2.24, 2.45) is 7.05 Å². The third-order valence-corrected chi connectivity index (χ3v) is 3.11. The first kappa shape index (κ1) is 12.7. The van der Waals surface area contributed by atoms with Crippen LogP contribution in [0.2, 0.25) is 0 Å². The Morgan fingerprint density at radius 1 is 1.32 bits per heavy atom. The number of rotatable bonds is 4. The van der Waals surface area contributed by atoms with Gasteiger partial charge in [0.25, 0.3) is 0 Å². The van der Waals surface area contributed by atoms with Crippen LogP contribution in [-0.4, -0.2) is 30.0 Å². The highest BCUT2D eigenvalue weighted by atomic mass is 16.5. The van der Waals surface area contributed by atoms with Gasteiger partial charge in [-0.25, -0.2) is 4.79 Å². The molecule has 0 radical (unpaired) electrons. The van der Waals surface area contributed by atoms with E-state index in [0.29, 0.717) is 17.4 Å². The number of aromatic nitrogens is 6. The first-order chi connectivity index (χ1) is 11.1. The fourth-order valence-electron chi connectivity index (χ4n) is 1.90. The molecule has 1 aromatic carbocycles. The highest BCUT2D eigenvalue weighted by Crippen LogP contribution is 2.18. The van der Waals surface area contributed by atoms with Gasteiger partial charge in [-0.2, -0.15) is 9.78 Å². The normalized spacial score (nSPS) is 11.3. The Morgan fingerprint density at radius 2 is 2.18 bits per heavy atom. The quantitative estimate of drug-likeness (QED) is 0.703. The van der Waals surface area contributed by atoms with E-state index >= 15 is 0 Å². The van der Waals surface area contributed by atoms with Gasteiger partial charge in [0, 0.05) is 12.6 Å². The molecule has 0 atom stereocenters. The lowest BCUT2D eigenvalue weighted by molar-refractivity contribution is 0.302. The van der Waals surface area contributed by atoms with E-state index in [-0.39, 0.29) is 12.4 Å². The minimum absolute atomic E-state index is 0.187. The summed E-state index contributed by atoms with van der Waals surface area (Å²) in [5, 5.41) is 15.2. The molecule has 0 amide bonds. The summed E-state index contributed by atoms with van der Waals surface area (Å²) in [6, 6.07) is 7.24. The molecular formula is C14H14N6O2. The number of benzene rings is 1. The summed E-state index contributed by atoms with van der Waals surface area (Å²) >= 11 is 0. The highest BCUT2D eigenvalue weighted by Gasteiger charge is 2.13. The zero-order valence-corrected chi connectivity index (χ0v) is 12.1. The summed E-state index contributed by atoms with van der Waals surface area (Å²) in [5.41, 5.74) is 1.09. The minimum atomic E-state index is -0.415. The number of ether oxygens (including phenoxy) is 1. The fraction of sp³-hybridized carbons (Fsp3) is 0.214. The number of nitrogens with zero attached hydrogens (tertiary/aromatic N) is 6. The second-order valence-corrected chi connectivity index (χ2v) is 4.66. The van der Waals surface area contributed by atoms with Crippen LogP contribution in [0.3, 0.4) is 0 Å². The van der Waals surface area contributed by atoms with Crippen LogP contribution in [0.15, 0.2) is 41.3 Å². The van der Waals surface area contributed by atoms with Gasteiger partial charge in [0.05, 0.1) is 7.57 Å². The van der Waals surface area contributed by atoms with E-state index in [1.54, 1.807) is 24.3 Å². The summed E-state index contributed by atoms with van der Waals surface area (Å²) in [7, 11) is 1.50. The Bertz CT molecular complexity index is 904. The largest absolute Gasteiger partial charge is 0.488 e. The molecule has 0 aliphatic heterocycles. The van der Waals surface area contributed by atoms with E-state index in [4.69, 9.17) is 6.11 Å². The van der Waals surface area contributed by atoms with Gasteiger partial charge in [0.1, 0.15) is 12.4 Å². The van der Waals surface area contributed by atoms with Gasteiger partial charge in [-0.05, 0) is 35.0 Å².